The highest BCUT2D eigenvalue weighted by Crippen LogP contribution is 2.20. The Morgan fingerprint density at radius 1 is 0.875 bits per heavy atom. The molecule has 0 aromatic carbocycles. The minimum absolute atomic E-state index is 0.0484. The molecule has 2 unspecified atom stereocenters. The molecule has 2 rings (SSSR count). The number of ether oxygens (including phenoxy) is 2. The maximum Gasteiger partial charge on any atom is 0.410 e. The van der Waals surface area contributed by atoms with E-state index >= 15 is 0 Å². The van der Waals surface area contributed by atoms with Crippen LogP contribution in [0.25, 0.3) is 0 Å². The molecular formula is C21H40N2O8S. The molecular weight excluding hydrogens is 440 g/mol. The Labute approximate surface area is 192 Å². The molecule has 2 saturated heterocycles. The van der Waals surface area contributed by atoms with Crippen LogP contribution in [0.1, 0.15) is 54.4 Å². The number of carbonyl (C=O) groups excluding carboxylic acids is 2. The van der Waals surface area contributed by atoms with E-state index in [4.69, 9.17) is 18.8 Å². The first-order valence-corrected chi connectivity index (χ1v) is 12.7. The zero-order valence-corrected chi connectivity index (χ0v) is 21.2. The molecule has 2 aliphatic heterocycles. The summed E-state index contributed by atoms with van der Waals surface area (Å²) >= 11 is 0. The summed E-state index contributed by atoms with van der Waals surface area (Å²) in [6.07, 6.45) is 2.00. The van der Waals surface area contributed by atoms with Gasteiger partial charge in [0.25, 0.3) is 10.1 Å². The highest BCUT2D eigenvalue weighted by atomic mass is 32.2. The van der Waals surface area contributed by atoms with E-state index < -0.39 is 21.3 Å². The van der Waals surface area contributed by atoms with Crippen molar-refractivity contribution in [2.45, 2.75) is 65.6 Å². The quantitative estimate of drug-likeness (QED) is 0.609. The number of aliphatic hydroxyl groups excluding tert-OH is 1. The average molecular weight is 481 g/mol. The molecule has 1 N–H and O–H groups in total. The van der Waals surface area contributed by atoms with Gasteiger partial charge in [-0.1, -0.05) is 0 Å². The summed E-state index contributed by atoms with van der Waals surface area (Å²) in [4.78, 5) is 26.5. The second-order valence-corrected chi connectivity index (χ2v) is 12.0. The van der Waals surface area contributed by atoms with Crippen molar-refractivity contribution in [1.82, 2.24) is 9.80 Å². The van der Waals surface area contributed by atoms with Crippen LogP contribution in [0.5, 0.6) is 0 Å². The van der Waals surface area contributed by atoms with Crippen molar-refractivity contribution in [3.8, 4) is 0 Å². The first-order valence-electron chi connectivity index (χ1n) is 10.9. The SMILES string of the molecule is CC(C)(C)OC(=O)N1CCC(CO)C1.CC(C)(C)OC(=O)N1CCC(COS(C)(=O)=O)C1. The number of hydrogen-bond acceptors (Lipinski definition) is 8. The summed E-state index contributed by atoms with van der Waals surface area (Å²) in [6, 6.07) is 0. The molecule has 2 heterocycles. The van der Waals surface area contributed by atoms with E-state index in [-0.39, 0.29) is 37.2 Å². The number of likely N-dealkylation sites (tertiary alicyclic amines) is 2. The second kappa shape index (κ2) is 11.5. The molecule has 11 heteroatoms. The number of aliphatic hydroxyl groups is 1. The van der Waals surface area contributed by atoms with Crippen LogP contribution in [0.2, 0.25) is 0 Å². The van der Waals surface area contributed by atoms with Gasteiger partial charge >= 0.3 is 12.2 Å². The standard InChI is InChI=1S/C11H21NO5S.C10H19NO3/c1-11(2,3)17-10(13)12-6-5-9(7-12)8-16-18(4,14)15;1-10(2,3)14-9(13)11-5-4-8(6-11)7-12/h9H,5-8H2,1-4H3;8,12H,4-7H2,1-3H3. The van der Waals surface area contributed by atoms with Crippen LogP contribution < -0.4 is 0 Å². The number of hydrogen-bond donors (Lipinski definition) is 1. The molecule has 2 aliphatic rings. The van der Waals surface area contributed by atoms with Crippen LogP contribution in [0.4, 0.5) is 9.59 Å². The van der Waals surface area contributed by atoms with Crippen molar-refractivity contribution < 1.29 is 36.8 Å². The van der Waals surface area contributed by atoms with Gasteiger partial charge in [0.15, 0.2) is 0 Å². The lowest BCUT2D eigenvalue weighted by Crippen LogP contribution is -2.35. The van der Waals surface area contributed by atoms with Crippen molar-refractivity contribution in [2.24, 2.45) is 11.8 Å². The number of carbonyl (C=O) groups is 2. The lowest BCUT2D eigenvalue weighted by atomic mass is 10.1. The van der Waals surface area contributed by atoms with Crippen LogP contribution in [-0.2, 0) is 23.8 Å². The summed E-state index contributed by atoms with van der Waals surface area (Å²) in [5.74, 6) is 0.273. The molecule has 0 aliphatic carbocycles. The fourth-order valence-electron chi connectivity index (χ4n) is 3.15. The van der Waals surface area contributed by atoms with Crippen LogP contribution in [-0.4, -0.2) is 92.4 Å². The lowest BCUT2D eigenvalue weighted by Gasteiger charge is -2.24. The zero-order chi connectivity index (χ0) is 24.7. The summed E-state index contributed by atoms with van der Waals surface area (Å²) < 4.78 is 36.9. The Bertz CT molecular complexity index is 727. The van der Waals surface area contributed by atoms with Crippen LogP contribution in [0.3, 0.4) is 0 Å². The van der Waals surface area contributed by atoms with E-state index in [1.165, 1.54) is 0 Å². The van der Waals surface area contributed by atoms with Gasteiger partial charge in [0.2, 0.25) is 0 Å². The highest BCUT2D eigenvalue weighted by molar-refractivity contribution is 7.85. The molecule has 2 fully saturated rings. The summed E-state index contributed by atoms with van der Waals surface area (Å²) in [6.45, 7) is 13.6. The van der Waals surface area contributed by atoms with Gasteiger partial charge in [-0.2, -0.15) is 8.42 Å². The summed E-state index contributed by atoms with van der Waals surface area (Å²) in [7, 11) is -3.41. The fraction of sp³-hybridized carbons (Fsp3) is 0.905. The van der Waals surface area contributed by atoms with E-state index in [9.17, 15) is 18.0 Å². The number of nitrogens with zero attached hydrogens (tertiary/aromatic N) is 2. The molecule has 0 bridgehead atoms. The van der Waals surface area contributed by atoms with Gasteiger partial charge in [0, 0.05) is 44.6 Å². The first-order chi connectivity index (χ1) is 14.5. The topological polar surface area (TPSA) is 123 Å². The number of amides is 2. The van der Waals surface area contributed by atoms with Gasteiger partial charge in [-0.15, -0.1) is 0 Å². The molecule has 2 amide bonds. The predicted molar refractivity (Wildman–Crippen MR) is 120 cm³/mol. The largest absolute Gasteiger partial charge is 0.444 e. The molecule has 10 nitrogen and oxygen atoms in total. The third-order valence-electron chi connectivity index (χ3n) is 4.65. The van der Waals surface area contributed by atoms with Crippen molar-refractivity contribution in [2.75, 3.05) is 45.6 Å². The van der Waals surface area contributed by atoms with E-state index in [0.717, 1.165) is 19.1 Å². The minimum atomic E-state index is -3.41. The van der Waals surface area contributed by atoms with E-state index in [0.29, 0.717) is 26.2 Å². The third kappa shape index (κ3) is 11.9. The summed E-state index contributed by atoms with van der Waals surface area (Å²) in [5.41, 5.74) is -0.952. The van der Waals surface area contributed by atoms with Gasteiger partial charge < -0.3 is 24.4 Å². The van der Waals surface area contributed by atoms with Gasteiger partial charge in [-0.05, 0) is 54.4 Å². The average Bonchev–Trinajstić information content (AvgIpc) is 3.26. The van der Waals surface area contributed by atoms with Gasteiger partial charge in [0.05, 0.1) is 12.9 Å². The van der Waals surface area contributed by atoms with Gasteiger partial charge in [0.1, 0.15) is 11.2 Å². The van der Waals surface area contributed by atoms with Crippen LogP contribution in [0.15, 0.2) is 0 Å². The molecule has 188 valence electrons. The summed E-state index contributed by atoms with van der Waals surface area (Å²) in [5, 5.41) is 8.92. The molecule has 0 spiro atoms. The van der Waals surface area contributed by atoms with Gasteiger partial charge in [-0.25, -0.2) is 9.59 Å². The van der Waals surface area contributed by atoms with Crippen LogP contribution in [0, 0.1) is 11.8 Å². The van der Waals surface area contributed by atoms with E-state index in [1.807, 2.05) is 41.5 Å². The molecule has 0 radical (unpaired) electrons. The third-order valence-corrected chi connectivity index (χ3v) is 5.22. The Balaban J connectivity index is 0.000000330. The molecule has 2 atom stereocenters. The van der Waals surface area contributed by atoms with E-state index in [1.54, 1.807) is 9.80 Å². The highest BCUT2D eigenvalue weighted by Gasteiger charge is 2.31. The smallest absolute Gasteiger partial charge is 0.410 e. The molecule has 0 aromatic heterocycles. The fourth-order valence-corrected chi connectivity index (χ4v) is 3.59. The van der Waals surface area contributed by atoms with Crippen molar-refractivity contribution in [3.63, 3.8) is 0 Å². The van der Waals surface area contributed by atoms with E-state index in [2.05, 4.69) is 0 Å². The monoisotopic (exact) mass is 480 g/mol. The Hall–Kier alpha value is -1.59. The molecule has 0 aromatic rings. The lowest BCUT2D eigenvalue weighted by molar-refractivity contribution is 0.0273. The number of rotatable bonds is 4. The van der Waals surface area contributed by atoms with Crippen molar-refractivity contribution in [1.29, 1.82) is 0 Å². The van der Waals surface area contributed by atoms with Crippen molar-refractivity contribution >= 4 is 22.3 Å². The first kappa shape index (κ1) is 28.4. The molecule has 0 saturated carbocycles. The molecule has 32 heavy (non-hydrogen) atoms. The maximum absolute atomic E-state index is 11.8. The Morgan fingerprint density at radius 3 is 1.62 bits per heavy atom. The Morgan fingerprint density at radius 2 is 1.28 bits per heavy atom. The minimum Gasteiger partial charge on any atom is -0.444 e. The predicted octanol–water partition coefficient (Wildman–Crippen LogP) is 2.46. The van der Waals surface area contributed by atoms with Gasteiger partial charge in [-0.3, -0.25) is 4.18 Å². The normalized spacial score (nSPS) is 21.8. The van der Waals surface area contributed by atoms with Crippen molar-refractivity contribution in [3.05, 3.63) is 0 Å². The zero-order valence-electron chi connectivity index (χ0n) is 20.4. The Kier molecular flexibility index (Phi) is 10.2. The van der Waals surface area contributed by atoms with Crippen LogP contribution >= 0.6 is 0 Å². The second-order valence-electron chi connectivity index (χ2n) is 10.3. The maximum atomic E-state index is 11.8.